The third-order valence-electron chi connectivity index (χ3n) is 5.02. The largest absolute Gasteiger partial charge is 0.444 e. The molecule has 2 aliphatic rings. The fourth-order valence-electron chi connectivity index (χ4n) is 3.83. The molecule has 0 unspecified atom stereocenters. The zero-order chi connectivity index (χ0) is 18.2. The highest BCUT2D eigenvalue weighted by Crippen LogP contribution is 2.28. The van der Waals surface area contributed by atoms with Crippen LogP contribution in [0.3, 0.4) is 0 Å². The maximum Gasteiger partial charge on any atom is 0.410 e. The van der Waals surface area contributed by atoms with Crippen molar-refractivity contribution < 1.29 is 14.6 Å². The van der Waals surface area contributed by atoms with Crippen molar-refractivity contribution in [2.45, 2.75) is 64.3 Å². The molecule has 0 bridgehead atoms. The van der Waals surface area contributed by atoms with Crippen LogP contribution in [0.5, 0.6) is 0 Å². The molecule has 3 atom stereocenters. The number of carbonyl (C=O) groups is 1. The van der Waals surface area contributed by atoms with E-state index in [9.17, 15) is 9.90 Å². The highest BCUT2D eigenvalue weighted by Gasteiger charge is 2.42. The number of fused-ring (bicyclic) bond motifs is 1. The molecule has 5 nitrogen and oxygen atoms in total. The van der Waals surface area contributed by atoms with Crippen LogP contribution >= 0.6 is 0 Å². The lowest BCUT2D eigenvalue weighted by Crippen LogP contribution is -2.59. The summed E-state index contributed by atoms with van der Waals surface area (Å²) in [6, 6.07) is 8.79. The van der Waals surface area contributed by atoms with Crippen molar-refractivity contribution in [2.24, 2.45) is 0 Å². The minimum atomic E-state index is -0.502. The first-order chi connectivity index (χ1) is 11.7. The molecule has 2 saturated heterocycles. The molecule has 1 amide bonds. The van der Waals surface area contributed by atoms with Gasteiger partial charge in [0.1, 0.15) is 5.60 Å². The first-order valence-electron chi connectivity index (χ1n) is 9.18. The topological polar surface area (TPSA) is 53.0 Å². The molecule has 25 heavy (non-hydrogen) atoms. The summed E-state index contributed by atoms with van der Waals surface area (Å²) in [5.41, 5.74) is 1.96. The number of rotatable bonds is 2. The second kappa shape index (κ2) is 6.96. The normalized spacial score (nSPS) is 27.2. The standard InChI is InChI=1S/C20H30N2O3/c1-14-5-7-15(8-6-14)9-17-11-21-13-18(23)10-16(21)12-22(17)19(24)25-20(2,3)4/h5-8,16-18,23H,9-13H2,1-4H3/t16-,17-,18+/m0/s1. The molecule has 138 valence electrons. The lowest BCUT2D eigenvalue weighted by atomic mass is 9.99. The van der Waals surface area contributed by atoms with Crippen molar-refractivity contribution in [2.75, 3.05) is 19.6 Å². The molecule has 1 N–H and O–H groups in total. The number of amides is 1. The summed E-state index contributed by atoms with van der Waals surface area (Å²) in [6.07, 6.45) is 1.00. The van der Waals surface area contributed by atoms with Crippen LogP contribution in [0, 0.1) is 6.92 Å². The van der Waals surface area contributed by atoms with Crippen LogP contribution < -0.4 is 0 Å². The van der Waals surface area contributed by atoms with Gasteiger partial charge in [0.2, 0.25) is 0 Å². The lowest BCUT2D eigenvalue weighted by Gasteiger charge is -2.43. The Bertz CT molecular complexity index is 608. The van der Waals surface area contributed by atoms with E-state index in [2.05, 4.69) is 36.1 Å². The number of carbonyl (C=O) groups excluding carboxylic acids is 1. The van der Waals surface area contributed by atoms with Gasteiger partial charge < -0.3 is 14.7 Å². The summed E-state index contributed by atoms with van der Waals surface area (Å²) in [4.78, 5) is 17.0. The summed E-state index contributed by atoms with van der Waals surface area (Å²) >= 11 is 0. The summed E-state index contributed by atoms with van der Waals surface area (Å²) in [6.45, 7) is 9.89. The van der Waals surface area contributed by atoms with E-state index >= 15 is 0 Å². The predicted octanol–water partition coefficient (Wildman–Crippen LogP) is 2.59. The summed E-state index contributed by atoms with van der Waals surface area (Å²) in [5, 5.41) is 10.0. The second-order valence-electron chi connectivity index (χ2n) is 8.47. The Kier molecular flexibility index (Phi) is 5.07. The van der Waals surface area contributed by atoms with Gasteiger partial charge in [0, 0.05) is 25.7 Å². The van der Waals surface area contributed by atoms with Gasteiger partial charge in [-0.25, -0.2) is 4.79 Å². The van der Waals surface area contributed by atoms with Crippen molar-refractivity contribution in [3.8, 4) is 0 Å². The molecule has 0 saturated carbocycles. The number of ether oxygens (including phenoxy) is 1. The van der Waals surface area contributed by atoms with E-state index in [-0.39, 0.29) is 24.3 Å². The molecule has 2 heterocycles. The van der Waals surface area contributed by atoms with Gasteiger partial charge in [0.15, 0.2) is 0 Å². The van der Waals surface area contributed by atoms with E-state index in [0.717, 1.165) is 19.4 Å². The molecule has 1 aromatic rings. The Balaban J connectivity index is 1.77. The minimum absolute atomic E-state index is 0.0686. The smallest absolute Gasteiger partial charge is 0.410 e. The molecule has 0 aromatic heterocycles. The summed E-state index contributed by atoms with van der Waals surface area (Å²) in [5.74, 6) is 0. The van der Waals surface area contributed by atoms with Gasteiger partial charge in [-0.1, -0.05) is 29.8 Å². The lowest BCUT2D eigenvalue weighted by molar-refractivity contribution is -0.00864. The fourth-order valence-corrected chi connectivity index (χ4v) is 3.83. The number of aliphatic hydroxyl groups is 1. The number of benzene rings is 1. The molecule has 5 heteroatoms. The fraction of sp³-hybridized carbons (Fsp3) is 0.650. The number of piperazine rings is 1. The van der Waals surface area contributed by atoms with Gasteiger partial charge in [-0.2, -0.15) is 0 Å². The quantitative estimate of drug-likeness (QED) is 0.894. The Labute approximate surface area is 150 Å². The van der Waals surface area contributed by atoms with Crippen molar-refractivity contribution in [3.05, 3.63) is 35.4 Å². The average Bonchev–Trinajstić information content (AvgIpc) is 2.86. The predicted molar refractivity (Wildman–Crippen MR) is 97.6 cm³/mol. The SMILES string of the molecule is Cc1ccc(C[C@H]2CN3C[C@H](O)C[C@H]3CN2C(=O)OC(C)(C)C)cc1. The molecule has 3 rings (SSSR count). The monoisotopic (exact) mass is 346 g/mol. The van der Waals surface area contributed by atoms with Gasteiger partial charge in [0.05, 0.1) is 12.1 Å². The number of nitrogens with zero attached hydrogens (tertiary/aromatic N) is 2. The molecule has 1 aromatic carbocycles. The summed E-state index contributed by atoms with van der Waals surface area (Å²) in [7, 11) is 0. The summed E-state index contributed by atoms with van der Waals surface area (Å²) < 4.78 is 5.65. The maximum absolute atomic E-state index is 12.8. The van der Waals surface area contributed by atoms with Crippen molar-refractivity contribution in [3.63, 3.8) is 0 Å². The zero-order valence-electron chi connectivity index (χ0n) is 15.7. The van der Waals surface area contributed by atoms with Crippen LogP contribution in [-0.2, 0) is 11.2 Å². The Morgan fingerprint density at radius 3 is 2.52 bits per heavy atom. The highest BCUT2D eigenvalue weighted by molar-refractivity contribution is 5.69. The number of hydrogen-bond acceptors (Lipinski definition) is 4. The van der Waals surface area contributed by atoms with Crippen LogP contribution in [0.15, 0.2) is 24.3 Å². The van der Waals surface area contributed by atoms with Gasteiger partial charge in [-0.3, -0.25) is 4.90 Å². The molecular weight excluding hydrogens is 316 g/mol. The van der Waals surface area contributed by atoms with Crippen molar-refractivity contribution in [1.29, 1.82) is 0 Å². The molecule has 2 aliphatic heterocycles. The number of aryl methyl sites for hydroxylation is 1. The van der Waals surface area contributed by atoms with Gasteiger partial charge in [-0.15, -0.1) is 0 Å². The number of hydrogen-bond donors (Lipinski definition) is 1. The first-order valence-corrected chi connectivity index (χ1v) is 9.18. The van der Waals surface area contributed by atoms with E-state index < -0.39 is 5.60 Å². The van der Waals surface area contributed by atoms with E-state index in [1.54, 1.807) is 0 Å². The van der Waals surface area contributed by atoms with Crippen LogP contribution in [-0.4, -0.2) is 64.4 Å². The van der Waals surface area contributed by atoms with E-state index in [0.29, 0.717) is 13.1 Å². The van der Waals surface area contributed by atoms with Crippen molar-refractivity contribution in [1.82, 2.24) is 9.80 Å². The minimum Gasteiger partial charge on any atom is -0.444 e. The van der Waals surface area contributed by atoms with Crippen LogP contribution in [0.2, 0.25) is 0 Å². The van der Waals surface area contributed by atoms with Crippen LogP contribution in [0.25, 0.3) is 0 Å². The van der Waals surface area contributed by atoms with E-state index in [1.807, 2.05) is 25.7 Å². The van der Waals surface area contributed by atoms with Crippen LogP contribution in [0.1, 0.15) is 38.3 Å². The van der Waals surface area contributed by atoms with E-state index in [4.69, 9.17) is 4.74 Å². The van der Waals surface area contributed by atoms with Gasteiger partial charge in [0.25, 0.3) is 0 Å². The Morgan fingerprint density at radius 2 is 1.88 bits per heavy atom. The number of aliphatic hydroxyl groups excluding tert-OH is 1. The van der Waals surface area contributed by atoms with Crippen molar-refractivity contribution >= 4 is 6.09 Å². The first kappa shape index (κ1) is 18.2. The molecule has 0 spiro atoms. The third kappa shape index (κ3) is 4.53. The van der Waals surface area contributed by atoms with Gasteiger partial charge >= 0.3 is 6.09 Å². The molecule has 0 aliphatic carbocycles. The maximum atomic E-state index is 12.8. The average molecular weight is 346 g/mol. The van der Waals surface area contributed by atoms with Gasteiger partial charge in [-0.05, 0) is 46.1 Å². The second-order valence-corrected chi connectivity index (χ2v) is 8.47. The Hall–Kier alpha value is -1.59. The molecule has 2 fully saturated rings. The van der Waals surface area contributed by atoms with E-state index in [1.165, 1.54) is 11.1 Å². The third-order valence-corrected chi connectivity index (χ3v) is 5.02. The molecular formula is C20H30N2O3. The highest BCUT2D eigenvalue weighted by atomic mass is 16.6. The van der Waals surface area contributed by atoms with Crippen LogP contribution in [0.4, 0.5) is 4.79 Å². The Morgan fingerprint density at radius 1 is 1.20 bits per heavy atom. The molecule has 0 radical (unpaired) electrons. The zero-order valence-corrected chi connectivity index (χ0v) is 15.7.